The van der Waals surface area contributed by atoms with Crippen LogP contribution < -0.4 is 0 Å². The molecule has 3 nitrogen and oxygen atoms in total. The average Bonchev–Trinajstić information content (AvgIpc) is 2.66. The molecule has 0 saturated heterocycles. The summed E-state index contributed by atoms with van der Waals surface area (Å²) in [6.07, 6.45) is 11.8. The highest BCUT2D eigenvalue weighted by molar-refractivity contribution is 7.87. The SMILES string of the molecule is CC(C)CCCCCCOS(=O)(=O)C(CCCCCCC(C)C)c1ccccc1. The summed E-state index contributed by atoms with van der Waals surface area (Å²) in [5.74, 6) is 1.48. The minimum Gasteiger partial charge on any atom is -0.270 e. The first kappa shape index (κ1) is 26.2. The Morgan fingerprint density at radius 3 is 1.69 bits per heavy atom. The topological polar surface area (TPSA) is 43.4 Å². The molecule has 168 valence electrons. The molecule has 0 saturated carbocycles. The molecule has 29 heavy (non-hydrogen) atoms. The van der Waals surface area contributed by atoms with Crippen LogP contribution in [-0.4, -0.2) is 15.0 Å². The molecule has 1 unspecified atom stereocenters. The van der Waals surface area contributed by atoms with Crippen molar-refractivity contribution in [1.29, 1.82) is 0 Å². The molecule has 0 amide bonds. The maximum absolute atomic E-state index is 12.9. The maximum Gasteiger partial charge on any atom is 0.274 e. The van der Waals surface area contributed by atoms with Crippen molar-refractivity contribution < 1.29 is 12.6 Å². The van der Waals surface area contributed by atoms with E-state index >= 15 is 0 Å². The fourth-order valence-corrected chi connectivity index (χ4v) is 5.11. The lowest BCUT2D eigenvalue weighted by Crippen LogP contribution is -2.17. The van der Waals surface area contributed by atoms with Gasteiger partial charge in [0.15, 0.2) is 0 Å². The third kappa shape index (κ3) is 12.4. The second-order valence-corrected chi connectivity index (χ2v) is 11.0. The Hall–Kier alpha value is -0.870. The molecule has 0 heterocycles. The Labute approximate surface area is 180 Å². The second kappa shape index (κ2) is 15.0. The van der Waals surface area contributed by atoms with E-state index in [1.165, 1.54) is 32.1 Å². The van der Waals surface area contributed by atoms with Gasteiger partial charge in [0, 0.05) is 0 Å². The van der Waals surface area contributed by atoms with Crippen LogP contribution in [0, 0.1) is 11.8 Å². The highest BCUT2D eigenvalue weighted by Gasteiger charge is 2.27. The molecule has 0 aromatic heterocycles. The summed E-state index contributed by atoms with van der Waals surface area (Å²) in [7, 11) is -3.59. The molecular weight excluding hydrogens is 380 g/mol. The molecule has 0 radical (unpaired) electrons. The molecule has 0 aliphatic carbocycles. The van der Waals surface area contributed by atoms with Gasteiger partial charge in [-0.2, -0.15) is 8.42 Å². The Morgan fingerprint density at radius 1 is 0.690 bits per heavy atom. The molecule has 0 N–H and O–H groups in total. The highest BCUT2D eigenvalue weighted by atomic mass is 32.2. The van der Waals surface area contributed by atoms with Crippen LogP contribution >= 0.6 is 0 Å². The zero-order valence-corrected chi connectivity index (χ0v) is 20.1. The van der Waals surface area contributed by atoms with Crippen LogP contribution in [0.25, 0.3) is 0 Å². The third-order valence-corrected chi connectivity index (χ3v) is 7.14. The molecule has 1 aromatic rings. The van der Waals surface area contributed by atoms with Gasteiger partial charge in [-0.05, 0) is 30.2 Å². The zero-order chi connectivity index (χ0) is 21.5. The van der Waals surface area contributed by atoms with E-state index in [1.807, 2.05) is 30.3 Å². The number of rotatable bonds is 17. The quantitative estimate of drug-likeness (QED) is 0.190. The largest absolute Gasteiger partial charge is 0.274 e. The van der Waals surface area contributed by atoms with Crippen LogP contribution in [0.5, 0.6) is 0 Å². The number of hydrogen-bond donors (Lipinski definition) is 0. The van der Waals surface area contributed by atoms with Crippen LogP contribution in [0.15, 0.2) is 30.3 Å². The van der Waals surface area contributed by atoms with Gasteiger partial charge in [-0.3, -0.25) is 4.18 Å². The first-order chi connectivity index (χ1) is 13.8. The molecule has 0 fully saturated rings. The van der Waals surface area contributed by atoms with Gasteiger partial charge < -0.3 is 0 Å². The van der Waals surface area contributed by atoms with E-state index < -0.39 is 15.4 Å². The fraction of sp³-hybridized carbons (Fsp3) is 0.760. The van der Waals surface area contributed by atoms with Crippen molar-refractivity contribution in [1.82, 2.24) is 0 Å². The van der Waals surface area contributed by atoms with Crippen molar-refractivity contribution in [2.75, 3.05) is 6.61 Å². The Bertz CT molecular complexity index is 608. The van der Waals surface area contributed by atoms with E-state index in [9.17, 15) is 8.42 Å². The van der Waals surface area contributed by atoms with E-state index in [0.717, 1.165) is 49.5 Å². The summed E-state index contributed by atoms with van der Waals surface area (Å²) in [5.41, 5.74) is 0.853. The van der Waals surface area contributed by atoms with Crippen LogP contribution in [0.2, 0.25) is 0 Å². The molecule has 0 aliphatic heterocycles. The van der Waals surface area contributed by atoms with Crippen molar-refractivity contribution in [3.05, 3.63) is 35.9 Å². The maximum atomic E-state index is 12.9. The van der Waals surface area contributed by atoms with Gasteiger partial charge in [0.1, 0.15) is 5.25 Å². The van der Waals surface area contributed by atoms with Gasteiger partial charge >= 0.3 is 0 Å². The number of benzene rings is 1. The summed E-state index contributed by atoms with van der Waals surface area (Å²) in [5, 5.41) is -0.547. The molecule has 0 spiro atoms. The zero-order valence-electron chi connectivity index (χ0n) is 19.2. The molecule has 1 rings (SSSR count). The van der Waals surface area contributed by atoms with E-state index in [0.29, 0.717) is 13.0 Å². The summed E-state index contributed by atoms with van der Waals surface area (Å²) in [6, 6.07) is 9.58. The first-order valence-electron chi connectivity index (χ1n) is 11.8. The first-order valence-corrected chi connectivity index (χ1v) is 13.2. The Kier molecular flexibility index (Phi) is 13.5. The van der Waals surface area contributed by atoms with Crippen molar-refractivity contribution in [3.63, 3.8) is 0 Å². The van der Waals surface area contributed by atoms with Gasteiger partial charge in [-0.25, -0.2) is 0 Å². The average molecular weight is 425 g/mol. The summed E-state index contributed by atoms with van der Waals surface area (Å²) < 4.78 is 31.2. The van der Waals surface area contributed by atoms with Gasteiger partial charge in [-0.15, -0.1) is 0 Å². The predicted molar refractivity (Wildman–Crippen MR) is 125 cm³/mol. The van der Waals surface area contributed by atoms with E-state index in [4.69, 9.17) is 4.18 Å². The molecule has 0 bridgehead atoms. The van der Waals surface area contributed by atoms with Crippen molar-refractivity contribution >= 4 is 10.1 Å². The van der Waals surface area contributed by atoms with Gasteiger partial charge in [-0.1, -0.05) is 116 Å². The Morgan fingerprint density at radius 2 is 1.17 bits per heavy atom. The Balaban J connectivity index is 2.47. The minimum atomic E-state index is -3.59. The fourth-order valence-electron chi connectivity index (χ4n) is 3.65. The summed E-state index contributed by atoms with van der Waals surface area (Å²) in [6.45, 7) is 9.29. The molecule has 1 atom stereocenters. The normalized spacial score (nSPS) is 13.3. The summed E-state index contributed by atoms with van der Waals surface area (Å²) in [4.78, 5) is 0. The lowest BCUT2D eigenvalue weighted by molar-refractivity contribution is 0.298. The second-order valence-electron chi connectivity index (χ2n) is 9.20. The van der Waals surface area contributed by atoms with E-state index in [-0.39, 0.29) is 0 Å². The lowest BCUT2D eigenvalue weighted by Gasteiger charge is -2.18. The third-order valence-electron chi connectivity index (χ3n) is 5.44. The standard InChI is InChI=1S/C25H44O3S/c1-22(2)16-10-5-6-14-20-25(24-18-12-9-13-19-24)29(26,27)28-21-15-8-7-11-17-23(3)4/h9,12-13,18-19,22-23,25H,5-8,10-11,14-17,20-21H2,1-4H3. The lowest BCUT2D eigenvalue weighted by atomic mass is 10.0. The van der Waals surface area contributed by atoms with E-state index in [1.54, 1.807) is 0 Å². The molecule has 4 heteroatoms. The van der Waals surface area contributed by atoms with Crippen molar-refractivity contribution in [2.24, 2.45) is 11.8 Å². The van der Waals surface area contributed by atoms with Crippen LogP contribution in [0.1, 0.15) is 109 Å². The number of hydrogen-bond acceptors (Lipinski definition) is 3. The molecular formula is C25H44O3S. The van der Waals surface area contributed by atoms with Crippen molar-refractivity contribution in [2.45, 2.75) is 104 Å². The number of unbranched alkanes of at least 4 members (excludes halogenated alkanes) is 6. The predicted octanol–water partition coefficient (Wildman–Crippen LogP) is 7.68. The van der Waals surface area contributed by atoms with Crippen LogP contribution in [0.3, 0.4) is 0 Å². The summed E-state index contributed by atoms with van der Waals surface area (Å²) >= 11 is 0. The van der Waals surface area contributed by atoms with Gasteiger partial charge in [0.2, 0.25) is 0 Å². The smallest absolute Gasteiger partial charge is 0.270 e. The molecule has 1 aromatic carbocycles. The monoisotopic (exact) mass is 424 g/mol. The highest BCUT2D eigenvalue weighted by Crippen LogP contribution is 2.30. The van der Waals surface area contributed by atoms with Gasteiger partial charge in [0.05, 0.1) is 6.61 Å². The van der Waals surface area contributed by atoms with Crippen LogP contribution in [-0.2, 0) is 14.3 Å². The van der Waals surface area contributed by atoms with Crippen LogP contribution in [0.4, 0.5) is 0 Å². The molecule has 0 aliphatic rings. The van der Waals surface area contributed by atoms with E-state index in [2.05, 4.69) is 27.7 Å². The minimum absolute atomic E-state index is 0.307. The van der Waals surface area contributed by atoms with Gasteiger partial charge in [0.25, 0.3) is 10.1 Å². The van der Waals surface area contributed by atoms with Crippen molar-refractivity contribution in [3.8, 4) is 0 Å².